The lowest BCUT2D eigenvalue weighted by Crippen LogP contribution is -2.26. The van der Waals surface area contributed by atoms with Crippen LogP contribution in [0.4, 0.5) is 4.39 Å². The number of nitrogens with one attached hydrogen (secondary N) is 1. The van der Waals surface area contributed by atoms with Gasteiger partial charge in [0, 0.05) is 11.6 Å². The molecule has 0 saturated heterocycles. The molecular weight excluding hydrogens is 229 g/mol. The molecule has 0 radical (unpaired) electrons. The van der Waals surface area contributed by atoms with Crippen molar-refractivity contribution < 1.29 is 9.50 Å². The smallest absolute Gasteiger partial charge is 0.123 e. The predicted octanol–water partition coefficient (Wildman–Crippen LogP) is 3.54. The molecule has 2 rings (SSSR count). The number of hydrogen-bond donors (Lipinski definition) is 2. The quantitative estimate of drug-likeness (QED) is 0.800. The summed E-state index contributed by atoms with van der Waals surface area (Å²) in [6.45, 7) is 2.86. The Morgan fingerprint density at radius 3 is 3.00 bits per heavy atom. The molecule has 0 amide bonds. The van der Waals surface area contributed by atoms with Crippen molar-refractivity contribution in [2.75, 3.05) is 6.54 Å². The number of phenolic OH excluding ortho intramolecular Hbond substituents is 1. The molecule has 0 bridgehead atoms. The Morgan fingerprint density at radius 1 is 1.44 bits per heavy atom. The maximum atomic E-state index is 13.2. The van der Waals surface area contributed by atoms with Crippen molar-refractivity contribution in [3.63, 3.8) is 0 Å². The lowest BCUT2D eigenvalue weighted by atomic mass is 9.94. The van der Waals surface area contributed by atoms with Crippen LogP contribution in [0.2, 0.25) is 0 Å². The second-order valence-electron chi connectivity index (χ2n) is 4.98. The standard InChI is InChI=1S/C15H20FNO/c1-11(14-9-13(16)7-8-15(14)18)17-10-12-5-3-2-4-6-12/h2-3,7-9,11-12,17-18H,4-6,10H2,1H3. The van der Waals surface area contributed by atoms with E-state index in [1.165, 1.54) is 24.6 Å². The average Bonchev–Trinajstić information content (AvgIpc) is 2.40. The predicted molar refractivity (Wildman–Crippen MR) is 71.0 cm³/mol. The Morgan fingerprint density at radius 2 is 2.28 bits per heavy atom. The largest absolute Gasteiger partial charge is 0.508 e. The summed E-state index contributed by atoms with van der Waals surface area (Å²) in [6, 6.07) is 4.05. The summed E-state index contributed by atoms with van der Waals surface area (Å²) >= 11 is 0. The number of rotatable bonds is 4. The SMILES string of the molecule is CC(NCC1CC=CCC1)c1cc(F)ccc1O. The highest BCUT2D eigenvalue weighted by Crippen LogP contribution is 2.25. The van der Waals surface area contributed by atoms with Crippen molar-refractivity contribution in [2.45, 2.75) is 32.2 Å². The highest BCUT2D eigenvalue weighted by Gasteiger charge is 2.14. The third-order valence-electron chi connectivity index (χ3n) is 3.55. The van der Waals surface area contributed by atoms with Gasteiger partial charge >= 0.3 is 0 Å². The number of aromatic hydroxyl groups is 1. The van der Waals surface area contributed by atoms with Crippen LogP contribution in [0.25, 0.3) is 0 Å². The van der Waals surface area contributed by atoms with Gasteiger partial charge in [0.1, 0.15) is 11.6 Å². The van der Waals surface area contributed by atoms with Gasteiger partial charge in [-0.2, -0.15) is 0 Å². The van der Waals surface area contributed by atoms with Gasteiger partial charge in [0.2, 0.25) is 0 Å². The zero-order chi connectivity index (χ0) is 13.0. The first-order valence-electron chi connectivity index (χ1n) is 6.53. The first-order chi connectivity index (χ1) is 8.66. The highest BCUT2D eigenvalue weighted by atomic mass is 19.1. The Labute approximate surface area is 108 Å². The first-order valence-corrected chi connectivity index (χ1v) is 6.53. The first kappa shape index (κ1) is 13.1. The van der Waals surface area contributed by atoms with Gasteiger partial charge < -0.3 is 10.4 Å². The van der Waals surface area contributed by atoms with Crippen LogP contribution >= 0.6 is 0 Å². The highest BCUT2D eigenvalue weighted by molar-refractivity contribution is 5.34. The molecule has 2 atom stereocenters. The minimum atomic E-state index is -0.308. The lowest BCUT2D eigenvalue weighted by Gasteiger charge is -2.22. The van der Waals surface area contributed by atoms with Crippen molar-refractivity contribution in [2.24, 2.45) is 5.92 Å². The maximum absolute atomic E-state index is 13.2. The molecule has 2 unspecified atom stereocenters. The number of benzene rings is 1. The van der Waals surface area contributed by atoms with Crippen LogP contribution in [0.1, 0.15) is 37.8 Å². The van der Waals surface area contributed by atoms with Gasteiger partial charge in [0.25, 0.3) is 0 Å². The molecule has 2 N–H and O–H groups in total. The molecule has 0 aliphatic heterocycles. The van der Waals surface area contributed by atoms with Crippen LogP contribution in [0.15, 0.2) is 30.4 Å². The third-order valence-corrected chi connectivity index (χ3v) is 3.55. The topological polar surface area (TPSA) is 32.3 Å². The third kappa shape index (κ3) is 3.33. The average molecular weight is 249 g/mol. The molecule has 98 valence electrons. The monoisotopic (exact) mass is 249 g/mol. The Kier molecular flexibility index (Phi) is 4.37. The second-order valence-corrected chi connectivity index (χ2v) is 4.98. The summed E-state index contributed by atoms with van der Waals surface area (Å²) in [5.41, 5.74) is 0.626. The summed E-state index contributed by atoms with van der Waals surface area (Å²) in [5.74, 6) is 0.491. The van der Waals surface area contributed by atoms with E-state index in [-0.39, 0.29) is 17.6 Å². The molecule has 1 aliphatic rings. The summed E-state index contributed by atoms with van der Waals surface area (Å²) < 4.78 is 13.2. The Hall–Kier alpha value is -1.35. The normalized spacial score (nSPS) is 20.9. The lowest BCUT2D eigenvalue weighted by molar-refractivity contribution is 0.403. The zero-order valence-corrected chi connectivity index (χ0v) is 10.7. The van der Waals surface area contributed by atoms with E-state index in [4.69, 9.17) is 0 Å². The zero-order valence-electron chi connectivity index (χ0n) is 10.7. The molecule has 1 aromatic carbocycles. The molecule has 0 fully saturated rings. The van der Waals surface area contributed by atoms with Crippen LogP contribution < -0.4 is 5.32 Å². The van der Waals surface area contributed by atoms with Gasteiger partial charge in [0.05, 0.1) is 0 Å². The van der Waals surface area contributed by atoms with E-state index in [1.54, 1.807) is 0 Å². The number of halogens is 1. The van der Waals surface area contributed by atoms with Gasteiger partial charge in [-0.15, -0.1) is 0 Å². The summed E-state index contributed by atoms with van der Waals surface area (Å²) in [5, 5.41) is 13.1. The van der Waals surface area contributed by atoms with Crippen molar-refractivity contribution in [1.82, 2.24) is 5.32 Å². The fourth-order valence-electron chi connectivity index (χ4n) is 2.37. The van der Waals surface area contributed by atoms with Crippen LogP contribution in [0.5, 0.6) is 5.75 Å². The van der Waals surface area contributed by atoms with Crippen molar-refractivity contribution in [3.8, 4) is 5.75 Å². The molecule has 0 saturated carbocycles. The molecule has 1 aromatic rings. The van der Waals surface area contributed by atoms with Crippen LogP contribution in [-0.2, 0) is 0 Å². The molecular formula is C15H20FNO. The fraction of sp³-hybridized carbons (Fsp3) is 0.467. The van der Waals surface area contributed by atoms with Crippen molar-refractivity contribution in [1.29, 1.82) is 0 Å². The molecule has 0 aromatic heterocycles. The molecule has 18 heavy (non-hydrogen) atoms. The van der Waals surface area contributed by atoms with Gasteiger partial charge in [-0.25, -0.2) is 4.39 Å². The molecule has 1 aliphatic carbocycles. The van der Waals surface area contributed by atoms with E-state index in [1.807, 2.05) is 6.92 Å². The van der Waals surface area contributed by atoms with Crippen LogP contribution in [-0.4, -0.2) is 11.7 Å². The number of allylic oxidation sites excluding steroid dienone is 2. The van der Waals surface area contributed by atoms with E-state index in [9.17, 15) is 9.50 Å². The van der Waals surface area contributed by atoms with E-state index in [0.717, 1.165) is 19.4 Å². The van der Waals surface area contributed by atoms with Crippen LogP contribution in [0, 0.1) is 11.7 Å². The van der Waals surface area contributed by atoms with Crippen molar-refractivity contribution in [3.05, 3.63) is 41.7 Å². The van der Waals surface area contributed by atoms with Gasteiger partial charge in [-0.3, -0.25) is 0 Å². The second kappa shape index (κ2) is 6.01. The number of phenols is 1. The van der Waals surface area contributed by atoms with E-state index >= 15 is 0 Å². The van der Waals surface area contributed by atoms with Gasteiger partial charge in [-0.1, -0.05) is 12.2 Å². The minimum absolute atomic E-state index is 0.0355. The Balaban J connectivity index is 1.92. The molecule has 0 spiro atoms. The summed E-state index contributed by atoms with van der Waals surface area (Å²) in [4.78, 5) is 0. The summed E-state index contributed by atoms with van der Waals surface area (Å²) in [7, 11) is 0. The van der Waals surface area contributed by atoms with E-state index < -0.39 is 0 Å². The Bertz CT molecular complexity index is 431. The van der Waals surface area contributed by atoms with Crippen molar-refractivity contribution >= 4 is 0 Å². The summed E-state index contributed by atoms with van der Waals surface area (Å²) in [6.07, 6.45) is 7.89. The van der Waals surface area contributed by atoms with Gasteiger partial charge in [-0.05, 0) is 56.8 Å². The molecule has 0 heterocycles. The molecule has 2 nitrogen and oxygen atoms in total. The van der Waals surface area contributed by atoms with E-state index in [0.29, 0.717) is 11.5 Å². The number of hydrogen-bond acceptors (Lipinski definition) is 2. The molecule has 3 heteroatoms. The van der Waals surface area contributed by atoms with E-state index in [2.05, 4.69) is 17.5 Å². The minimum Gasteiger partial charge on any atom is -0.508 e. The van der Waals surface area contributed by atoms with Crippen LogP contribution in [0.3, 0.4) is 0 Å². The maximum Gasteiger partial charge on any atom is 0.123 e. The van der Waals surface area contributed by atoms with Gasteiger partial charge in [0.15, 0.2) is 0 Å². The fourth-order valence-corrected chi connectivity index (χ4v) is 2.37.